The largest absolute Gasteiger partial charge is 0.281 e. The van der Waals surface area contributed by atoms with Crippen LogP contribution in [-0.4, -0.2) is 4.98 Å². The minimum Gasteiger partial charge on any atom is -0.249 e. The molecule has 0 aliphatic heterocycles. The number of hydrogen-bond donors (Lipinski definition) is 0. The molecule has 0 amide bonds. The molecule has 0 unspecified atom stereocenters. The maximum Gasteiger partial charge on any atom is 0.281 e. The van der Waals surface area contributed by atoms with Crippen molar-refractivity contribution in [2.45, 2.75) is 12.3 Å². The van der Waals surface area contributed by atoms with E-state index in [1.807, 2.05) is 0 Å². The van der Waals surface area contributed by atoms with Crippen LogP contribution in [0.15, 0.2) is 6.07 Å². The Morgan fingerprint density at radius 3 is 2.64 bits per heavy atom. The van der Waals surface area contributed by atoms with Crippen LogP contribution in [0.2, 0.25) is 0 Å². The summed E-state index contributed by atoms with van der Waals surface area (Å²) in [6.45, 7) is 0. The molecule has 0 fully saturated rings. The predicted molar refractivity (Wildman–Crippen MR) is 43.4 cm³/mol. The lowest BCUT2D eigenvalue weighted by Gasteiger charge is -2.04. The van der Waals surface area contributed by atoms with Gasteiger partial charge in [0, 0.05) is 0 Å². The fourth-order valence-electron chi connectivity index (χ4n) is 0.921. The van der Waals surface area contributed by atoms with Crippen LogP contribution in [0.5, 0.6) is 0 Å². The van der Waals surface area contributed by atoms with Gasteiger partial charge in [0.25, 0.3) is 6.43 Å². The molecule has 0 atom stereocenters. The molecule has 0 radical (unpaired) electrons. The molecule has 0 N–H and O–H groups in total. The minimum absolute atomic E-state index is 0.0153. The van der Waals surface area contributed by atoms with Crippen molar-refractivity contribution in [1.29, 1.82) is 5.26 Å². The number of halogens is 4. The van der Waals surface area contributed by atoms with E-state index < -0.39 is 23.5 Å². The molecule has 1 aromatic heterocycles. The van der Waals surface area contributed by atoms with E-state index in [1.54, 1.807) is 0 Å². The topological polar surface area (TPSA) is 36.7 Å². The second-order valence-corrected chi connectivity index (χ2v) is 2.67. The number of nitrogens with zero attached hydrogens (tertiary/aromatic N) is 2. The molecule has 6 heteroatoms. The Hall–Kier alpha value is -1.28. The Balaban J connectivity index is 3.37. The molecule has 0 aliphatic rings. The molecule has 2 nitrogen and oxygen atoms in total. The first-order valence-corrected chi connectivity index (χ1v) is 4.07. The van der Waals surface area contributed by atoms with Gasteiger partial charge in [-0.05, 0) is 6.07 Å². The highest BCUT2D eigenvalue weighted by atomic mass is 35.5. The van der Waals surface area contributed by atoms with Gasteiger partial charge in [-0.1, -0.05) is 0 Å². The average molecular weight is 221 g/mol. The summed E-state index contributed by atoms with van der Waals surface area (Å²) in [5.41, 5.74) is -1.60. The van der Waals surface area contributed by atoms with Crippen molar-refractivity contribution in [3.8, 4) is 6.07 Å². The standard InChI is InChI=1S/C8H4ClF3N2/c9-2-4-1-6(10)5(3-13)7(14-4)8(11)12/h1,8H,2H2. The van der Waals surface area contributed by atoms with E-state index in [1.165, 1.54) is 6.07 Å². The Morgan fingerprint density at radius 1 is 1.57 bits per heavy atom. The maximum atomic E-state index is 13.0. The second kappa shape index (κ2) is 4.29. The van der Waals surface area contributed by atoms with Crippen molar-refractivity contribution in [2.75, 3.05) is 0 Å². The number of nitriles is 1. The summed E-state index contributed by atoms with van der Waals surface area (Å²) >= 11 is 5.31. The molecule has 74 valence electrons. The van der Waals surface area contributed by atoms with E-state index in [0.29, 0.717) is 0 Å². The summed E-state index contributed by atoms with van der Waals surface area (Å²) in [6.07, 6.45) is -2.98. The van der Waals surface area contributed by atoms with Crippen LogP contribution < -0.4 is 0 Å². The van der Waals surface area contributed by atoms with Crippen LogP contribution in [0.25, 0.3) is 0 Å². The quantitative estimate of drug-likeness (QED) is 0.719. The van der Waals surface area contributed by atoms with Gasteiger partial charge in [0.2, 0.25) is 0 Å². The van der Waals surface area contributed by atoms with Crippen molar-refractivity contribution >= 4 is 11.6 Å². The van der Waals surface area contributed by atoms with Crippen molar-refractivity contribution in [1.82, 2.24) is 4.98 Å². The van der Waals surface area contributed by atoms with E-state index in [4.69, 9.17) is 16.9 Å². The molecular weight excluding hydrogens is 217 g/mol. The first kappa shape index (κ1) is 10.8. The van der Waals surface area contributed by atoms with Crippen LogP contribution >= 0.6 is 11.6 Å². The Labute approximate surface area is 82.9 Å². The van der Waals surface area contributed by atoms with Gasteiger partial charge in [0.15, 0.2) is 0 Å². The monoisotopic (exact) mass is 220 g/mol. The summed E-state index contributed by atoms with van der Waals surface area (Å²) < 4.78 is 37.6. The van der Waals surface area contributed by atoms with Crippen molar-refractivity contribution in [2.24, 2.45) is 0 Å². The van der Waals surface area contributed by atoms with Crippen molar-refractivity contribution in [3.05, 3.63) is 28.8 Å². The van der Waals surface area contributed by atoms with Gasteiger partial charge in [-0.2, -0.15) is 5.26 Å². The van der Waals surface area contributed by atoms with Gasteiger partial charge in [-0.3, -0.25) is 0 Å². The van der Waals surface area contributed by atoms with Gasteiger partial charge in [0.05, 0.1) is 11.6 Å². The molecule has 0 saturated heterocycles. The number of pyridine rings is 1. The number of alkyl halides is 3. The van der Waals surface area contributed by atoms with Crippen LogP contribution in [0.3, 0.4) is 0 Å². The molecule has 0 bridgehead atoms. The Bertz CT molecular complexity index is 387. The Kier molecular flexibility index (Phi) is 3.31. The molecule has 0 saturated carbocycles. The molecule has 14 heavy (non-hydrogen) atoms. The third-order valence-corrected chi connectivity index (χ3v) is 1.78. The smallest absolute Gasteiger partial charge is 0.249 e. The summed E-state index contributed by atoms with van der Waals surface area (Å²) in [4.78, 5) is 3.38. The van der Waals surface area contributed by atoms with Crippen LogP contribution in [-0.2, 0) is 5.88 Å². The zero-order chi connectivity index (χ0) is 10.7. The summed E-state index contributed by atoms with van der Waals surface area (Å²) in [6, 6.07) is 2.21. The van der Waals surface area contributed by atoms with Gasteiger partial charge in [0.1, 0.15) is 23.1 Å². The molecule has 0 aromatic carbocycles. The average Bonchev–Trinajstić information content (AvgIpc) is 2.16. The third kappa shape index (κ3) is 1.96. The van der Waals surface area contributed by atoms with Crippen LogP contribution in [0.1, 0.15) is 23.4 Å². The number of rotatable bonds is 2. The van der Waals surface area contributed by atoms with Gasteiger partial charge >= 0.3 is 0 Å². The molecule has 0 spiro atoms. The van der Waals surface area contributed by atoms with Crippen molar-refractivity contribution < 1.29 is 13.2 Å². The zero-order valence-corrected chi connectivity index (χ0v) is 7.52. The van der Waals surface area contributed by atoms with Gasteiger partial charge < -0.3 is 0 Å². The lowest BCUT2D eigenvalue weighted by molar-refractivity contribution is 0.145. The fourth-order valence-corrected chi connectivity index (χ4v) is 1.06. The van der Waals surface area contributed by atoms with Gasteiger partial charge in [-0.15, -0.1) is 11.6 Å². The van der Waals surface area contributed by atoms with E-state index in [2.05, 4.69) is 4.98 Å². The molecular formula is C8H4ClF3N2. The second-order valence-electron chi connectivity index (χ2n) is 2.40. The van der Waals surface area contributed by atoms with E-state index in [-0.39, 0.29) is 11.6 Å². The predicted octanol–water partition coefficient (Wildman–Crippen LogP) is 2.77. The normalized spacial score (nSPS) is 10.3. The third-order valence-electron chi connectivity index (χ3n) is 1.51. The number of hydrogen-bond acceptors (Lipinski definition) is 2. The van der Waals surface area contributed by atoms with Crippen molar-refractivity contribution in [3.63, 3.8) is 0 Å². The lowest BCUT2D eigenvalue weighted by atomic mass is 10.2. The summed E-state index contributed by atoms with van der Waals surface area (Å²) in [7, 11) is 0. The maximum absolute atomic E-state index is 13.0. The molecule has 1 rings (SSSR count). The summed E-state index contributed by atoms with van der Waals surface area (Å²) in [5, 5.41) is 8.42. The Morgan fingerprint density at radius 2 is 2.21 bits per heavy atom. The minimum atomic E-state index is -2.98. The SMILES string of the molecule is N#Cc1c(F)cc(CCl)nc1C(F)F. The fraction of sp³-hybridized carbons (Fsp3) is 0.250. The summed E-state index contributed by atoms with van der Waals surface area (Å²) in [5.74, 6) is -1.20. The van der Waals surface area contributed by atoms with Crippen LogP contribution in [0.4, 0.5) is 13.2 Å². The molecule has 1 aromatic rings. The number of aromatic nitrogens is 1. The highest BCUT2D eigenvalue weighted by Gasteiger charge is 2.19. The van der Waals surface area contributed by atoms with E-state index >= 15 is 0 Å². The highest BCUT2D eigenvalue weighted by Crippen LogP contribution is 2.23. The van der Waals surface area contributed by atoms with E-state index in [9.17, 15) is 13.2 Å². The van der Waals surface area contributed by atoms with Crippen LogP contribution in [0, 0.1) is 17.1 Å². The van der Waals surface area contributed by atoms with E-state index in [0.717, 1.165) is 6.07 Å². The lowest BCUT2D eigenvalue weighted by Crippen LogP contribution is -2.02. The molecule has 1 heterocycles. The highest BCUT2D eigenvalue weighted by molar-refractivity contribution is 6.16. The zero-order valence-electron chi connectivity index (χ0n) is 6.77. The first-order valence-electron chi connectivity index (χ1n) is 3.53. The van der Waals surface area contributed by atoms with Gasteiger partial charge in [-0.25, -0.2) is 18.2 Å². The molecule has 0 aliphatic carbocycles. The first-order chi connectivity index (χ1) is 6.60.